The number of hydrogen-bond donors (Lipinski definition) is 2. The highest BCUT2D eigenvalue weighted by Gasteiger charge is 2.23. The number of halogens is 1. The molecular weight excluding hydrogens is 294 g/mol. The Bertz CT molecular complexity index is 516. The predicted molar refractivity (Wildman–Crippen MR) is 83.0 cm³/mol. The number of piperidine rings is 1. The van der Waals surface area contributed by atoms with Crippen molar-refractivity contribution >= 4 is 24.0 Å². The Morgan fingerprint density at radius 1 is 1.52 bits per heavy atom. The third kappa shape index (κ3) is 4.41. The quantitative estimate of drug-likeness (QED) is 0.658. The van der Waals surface area contributed by atoms with Crippen molar-refractivity contribution in [2.45, 2.75) is 19.8 Å². The van der Waals surface area contributed by atoms with Crippen LogP contribution in [-0.2, 0) is 0 Å². The highest BCUT2D eigenvalue weighted by molar-refractivity contribution is 5.99. The van der Waals surface area contributed by atoms with E-state index < -0.39 is 4.92 Å². The standard InChI is InChI=1S/C14H19N3O3.ClH/c1-10-4-2-6-12(17(19)20)13(10)14(18)16-9-11-5-3-7-15-8-11;/h2,4,6,11,15H,3,5,7-9H2,1H3,(H,16,18);1H. The topological polar surface area (TPSA) is 84.3 Å². The van der Waals surface area contributed by atoms with Crippen molar-refractivity contribution in [2.75, 3.05) is 19.6 Å². The van der Waals surface area contributed by atoms with E-state index in [2.05, 4.69) is 10.6 Å². The summed E-state index contributed by atoms with van der Waals surface area (Å²) in [5, 5.41) is 17.1. The van der Waals surface area contributed by atoms with Crippen LogP contribution < -0.4 is 10.6 Å². The molecule has 2 rings (SSSR count). The van der Waals surface area contributed by atoms with Gasteiger partial charge in [0.15, 0.2) is 0 Å². The number of benzene rings is 1. The number of nitrogens with one attached hydrogen (secondary N) is 2. The normalized spacial score (nSPS) is 17.7. The molecule has 2 N–H and O–H groups in total. The molecule has 1 aliphatic heterocycles. The number of carbonyl (C=O) groups excluding carboxylic acids is 1. The summed E-state index contributed by atoms with van der Waals surface area (Å²) in [6.45, 7) is 4.17. The monoisotopic (exact) mass is 313 g/mol. The van der Waals surface area contributed by atoms with E-state index in [0.29, 0.717) is 18.0 Å². The maximum absolute atomic E-state index is 12.2. The van der Waals surface area contributed by atoms with Gasteiger partial charge in [0.1, 0.15) is 5.56 Å². The van der Waals surface area contributed by atoms with Crippen LogP contribution in [0.4, 0.5) is 5.69 Å². The van der Waals surface area contributed by atoms with E-state index in [4.69, 9.17) is 0 Å². The van der Waals surface area contributed by atoms with E-state index >= 15 is 0 Å². The maximum atomic E-state index is 12.2. The summed E-state index contributed by atoms with van der Waals surface area (Å²) < 4.78 is 0. The molecule has 0 aromatic heterocycles. The Kier molecular flexibility index (Phi) is 6.58. The van der Waals surface area contributed by atoms with E-state index in [-0.39, 0.29) is 29.6 Å². The van der Waals surface area contributed by atoms with Gasteiger partial charge in [0.2, 0.25) is 0 Å². The predicted octanol–water partition coefficient (Wildman–Crippen LogP) is 2.05. The van der Waals surface area contributed by atoms with Crippen LogP contribution in [0.3, 0.4) is 0 Å². The molecule has 0 radical (unpaired) electrons. The van der Waals surface area contributed by atoms with E-state index in [1.165, 1.54) is 6.07 Å². The Hall–Kier alpha value is -1.66. The van der Waals surface area contributed by atoms with Gasteiger partial charge in [-0.3, -0.25) is 14.9 Å². The highest BCUT2D eigenvalue weighted by atomic mass is 35.5. The molecule has 1 aliphatic rings. The third-order valence-electron chi connectivity index (χ3n) is 3.62. The SMILES string of the molecule is Cc1cccc([N+](=O)[O-])c1C(=O)NCC1CCCNC1.Cl. The molecule has 0 spiro atoms. The van der Waals surface area contributed by atoms with Gasteiger partial charge in [-0.15, -0.1) is 12.4 Å². The minimum atomic E-state index is -0.510. The molecule has 0 bridgehead atoms. The molecule has 1 amide bonds. The van der Waals surface area contributed by atoms with Crippen molar-refractivity contribution in [3.05, 3.63) is 39.4 Å². The summed E-state index contributed by atoms with van der Waals surface area (Å²) in [4.78, 5) is 22.7. The van der Waals surface area contributed by atoms with Crippen LogP contribution in [0.25, 0.3) is 0 Å². The summed E-state index contributed by atoms with van der Waals surface area (Å²) in [7, 11) is 0. The fourth-order valence-electron chi connectivity index (χ4n) is 2.52. The number of rotatable bonds is 4. The average Bonchev–Trinajstić information content (AvgIpc) is 2.45. The Morgan fingerprint density at radius 2 is 2.29 bits per heavy atom. The van der Waals surface area contributed by atoms with Crippen molar-refractivity contribution in [1.82, 2.24) is 10.6 Å². The summed E-state index contributed by atoms with van der Waals surface area (Å²) >= 11 is 0. The van der Waals surface area contributed by atoms with E-state index in [0.717, 1.165) is 25.9 Å². The zero-order chi connectivity index (χ0) is 14.5. The first kappa shape index (κ1) is 17.4. The number of carbonyl (C=O) groups is 1. The van der Waals surface area contributed by atoms with Crippen LogP contribution in [0.2, 0.25) is 0 Å². The lowest BCUT2D eigenvalue weighted by Crippen LogP contribution is -2.38. The van der Waals surface area contributed by atoms with Crippen molar-refractivity contribution in [3.8, 4) is 0 Å². The highest BCUT2D eigenvalue weighted by Crippen LogP contribution is 2.21. The van der Waals surface area contributed by atoms with Crippen LogP contribution in [0.15, 0.2) is 18.2 Å². The number of nitrogens with zero attached hydrogens (tertiary/aromatic N) is 1. The van der Waals surface area contributed by atoms with Crippen molar-refractivity contribution < 1.29 is 9.72 Å². The van der Waals surface area contributed by atoms with E-state index in [9.17, 15) is 14.9 Å². The van der Waals surface area contributed by atoms with Gasteiger partial charge in [-0.25, -0.2) is 0 Å². The van der Waals surface area contributed by atoms with Gasteiger partial charge in [0.05, 0.1) is 4.92 Å². The summed E-state index contributed by atoms with van der Waals surface area (Å²) in [6.07, 6.45) is 2.17. The molecule has 6 nitrogen and oxygen atoms in total. The molecule has 1 unspecified atom stereocenters. The lowest BCUT2D eigenvalue weighted by molar-refractivity contribution is -0.385. The summed E-state index contributed by atoms with van der Waals surface area (Å²) in [5.41, 5.74) is 0.656. The average molecular weight is 314 g/mol. The minimum absolute atomic E-state index is 0. The molecule has 1 atom stereocenters. The zero-order valence-electron chi connectivity index (χ0n) is 11.9. The summed E-state index contributed by atoms with van der Waals surface area (Å²) in [5.74, 6) is 0.0381. The number of amides is 1. The molecule has 1 aromatic rings. The smallest absolute Gasteiger partial charge is 0.282 e. The summed E-state index contributed by atoms with van der Waals surface area (Å²) in [6, 6.07) is 4.67. The molecular formula is C14H20ClN3O3. The van der Waals surface area contributed by atoms with Crippen molar-refractivity contribution in [3.63, 3.8) is 0 Å². The van der Waals surface area contributed by atoms with Gasteiger partial charge in [-0.2, -0.15) is 0 Å². The molecule has 1 aromatic carbocycles. The lowest BCUT2D eigenvalue weighted by Gasteiger charge is -2.23. The Balaban J connectivity index is 0.00000220. The second-order valence-electron chi connectivity index (χ2n) is 5.15. The molecule has 1 fully saturated rings. The fourth-order valence-corrected chi connectivity index (χ4v) is 2.52. The first-order chi connectivity index (χ1) is 9.59. The van der Waals surface area contributed by atoms with Crippen LogP contribution in [0, 0.1) is 23.0 Å². The lowest BCUT2D eigenvalue weighted by atomic mass is 9.99. The molecule has 1 saturated heterocycles. The number of aryl methyl sites for hydroxylation is 1. The van der Waals surface area contributed by atoms with Crippen LogP contribution in [0.1, 0.15) is 28.8 Å². The molecule has 0 aliphatic carbocycles. The minimum Gasteiger partial charge on any atom is -0.351 e. The molecule has 1 heterocycles. The van der Waals surface area contributed by atoms with Crippen molar-refractivity contribution in [1.29, 1.82) is 0 Å². The van der Waals surface area contributed by atoms with Crippen LogP contribution in [-0.4, -0.2) is 30.5 Å². The van der Waals surface area contributed by atoms with Crippen LogP contribution in [0.5, 0.6) is 0 Å². The first-order valence-corrected chi connectivity index (χ1v) is 6.82. The molecule has 0 saturated carbocycles. The van der Waals surface area contributed by atoms with Crippen molar-refractivity contribution in [2.24, 2.45) is 5.92 Å². The van der Waals surface area contributed by atoms with Gasteiger partial charge < -0.3 is 10.6 Å². The molecule has 116 valence electrons. The van der Waals surface area contributed by atoms with E-state index in [1.807, 2.05) is 0 Å². The molecule has 7 heteroatoms. The Labute approximate surface area is 129 Å². The second-order valence-corrected chi connectivity index (χ2v) is 5.15. The number of hydrogen-bond acceptors (Lipinski definition) is 4. The van der Waals surface area contributed by atoms with Gasteiger partial charge in [0, 0.05) is 12.6 Å². The second kappa shape index (κ2) is 7.95. The molecule has 21 heavy (non-hydrogen) atoms. The largest absolute Gasteiger partial charge is 0.351 e. The fraction of sp³-hybridized carbons (Fsp3) is 0.500. The van der Waals surface area contributed by atoms with Gasteiger partial charge >= 0.3 is 0 Å². The van der Waals surface area contributed by atoms with Gasteiger partial charge in [-0.1, -0.05) is 12.1 Å². The number of nitro groups is 1. The van der Waals surface area contributed by atoms with Gasteiger partial charge in [-0.05, 0) is 44.3 Å². The first-order valence-electron chi connectivity index (χ1n) is 6.82. The number of nitro benzene ring substituents is 1. The van der Waals surface area contributed by atoms with Gasteiger partial charge in [0.25, 0.3) is 11.6 Å². The Morgan fingerprint density at radius 3 is 2.90 bits per heavy atom. The van der Waals surface area contributed by atoms with Crippen LogP contribution >= 0.6 is 12.4 Å². The zero-order valence-corrected chi connectivity index (χ0v) is 12.7. The third-order valence-corrected chi connectivity index (χ3v) is 3.62. The maximum Gasteiger partial charge on any atom is 0.282 e. The van der Waals surface area contributed by atoms with E-state index in [1.54, 1.807) is 19.1 Å².